The topological polar surface area (TPSA) is 17.1 Å². The summed E-state index contributed by atoms with van der Waals surface area (Å²) in [5.74, 6) is 0. The fourth-order valence-electron chi connectivity index (χ4n) is 1.72. The molecule has 0 aliphatic carbocycles. The van der Waals surface area contributed by atoms with Crippen molar-refractivity contribution in [3.8, 4) is 0 Å². The molecule has 0 amide bonds. The van der Waals surface area contributed by atoms with Gasteiger partial charge in [-0.1, -0.05) is 64.7 Å². The van der Waals surface area contributed by atoms with Gasteiger partial charge in [0.1, 0.15) is 6.29 Å². The summed E-state index contributed by atoms with van der Waals surface area (Å²) in [6.07, 6.45) is 15.2. The Bertz CT molecular complexity index is 121. The van der Waals surface area contributed by atoms with Crippen LogP contribution in [0.2, 0.25) is 0 Å². The van der Waals surface area contributed by atoms with Crippen molar-refractivity contribution in [2.24, 2.45) is 0 Å². The molecule has 0 aromatic rings. The molecule has 108 valence electrons. The van der Waals surface area contributed by atoms with Gasteiger partial charge in [0.2, 0.25) is 0 Å². The maximum absolute atomic E-state index is 10.0. The summed E-state index contributed by atoms with van der Waals surface area (Å²) in [5, 5.41) is 0. The zero-order valence-electron chi connectivity index (χ0n) is 10.8. The molecule has 0 spiro atoms. The molecule has 0 N–H and O–H groups in total. The first-order chi connectivity index (χ1) is 6.91. The Hall–Kier alpha value is 1.23. The number of carbonyl (C=O) groups excluding carboxylic acids is 1. The predicted molar refractivity (Wildman–Crippen MR) is 62.5 cm³/mol. The Labute approximate surface area is 139 Å². The number of aldehydes is 1. The molecule has 4 heteroatoms. The van der Waals surface area contributed by atoms with Crippen LogP contribution < -0.4 is 0 Å². The first-order valence-electron chi connectivity index (χ1n) is 6.35. The first-order valence-corrected chi connectivity index (χ1v) is 6.35. The molecule has 0 rings (SSSR count). The van der Waals surface area contributed by atoms with E-state index in [0.717, 1.165) is 19.1 Å². The second kappa shape index (κ2) is 25.9. The SMILES string of the molecule is CCCCCCCCCCCCC=O.[Fe].[Fe].[Fe]. The first kappa shape index (κ1) is 26.7. The van der Waals surface area contributed by atoms with E-state index in [1.165, 1.54) is 57.8 Å². The van der Waals surface area contributed by atoms with Crippen LogP contribution >= 0.6 is 0 Å². The molecule has 1 nitrogen and oxygen atoms in total. The molecule has 0 heterocycles. The van der Waals surface area contributed by atoms with Gasteiger partial charge in [-0.15, -0.1) is 0 Å². The Morgan fingerprint density at radius 2 is 1.00 bits per heavy atom. The second-order valence-electron chi connectivity index (χ2n) is 4.14. The molecular weight excluding hydrogens is 340 g/mol. The van der Waals surface area contributed by atoms with E-state index in [2.05, 4.69) is 6.92 Å². The van der Waals surface area contributed by atoms with E-state index < -0.39 is 0 Å². The molecule has 0 atom stereocenters. The molecule has 0 aromatic carbocycles. The van der Waals surface area contributed by atoms with Gasteiger partial charge >= 0.3 is 0 Å². The minimum absolute atomic E-state index is 0. The summed E-state index contributed by atoms with van der Waals surface area (Å²) in [6.45, 7) is 2.26. The molecule has 0 unspecified atom stereocenters. The van der Waals surface area contributed by atoms with Crippen LogP contribution in [0.15, 0.2) is 0 Å². The van der Waals surface area contributed by atoms with Crippen molar-refractivity contribution in [3.05, 3.63) is 0 Å². The van der Waals surface area contributed by atoms with Crippen molar-refractivity contribution in [2.45, 2.75) is 77.6 Å². The van der Waals surface area contributed by atoms with Crippen LogP contribution in [0.5, 0.6) is 0 Å². The quantitative estimate of drug-likeness (QED) is 0.299. The van der Waals surface area contributed by atoms with Gasteiger partial charge in [0, 0.05) is 57.6 Å². The van der Waals surface area contributed by atoms with E-state index in [1.54, 1.807) is 0 Å². The van der Waals surface area contributed by atoms with Crippen LogP contribution in [0, 0.1) is 0 Å². The monoisotopic (exact) mass is 366 g/mol. The Kier molecular flexibility index (Phi) is 40.8. The average molecular weight is 366 g/mol. The molecule has 0 saturated carbocycles. The Morgan fingerprint density at radius 3 is 1.35 bits per heavy atom. The van der Waals surface area contributed by atoms with Gasteiger partial charge in [-0.2, -0.15) is 0 Å². The molecular formula is C13H26Fe3O. The fourth-order valence-corrected chi connectivity index (χ4v) is 1.72. The van der Waals surface area contributed by atoms with E-state index in [0.29, 0.717) is 0 Å². The van der Waals surface area contributed by atoms with Crippen LogP contribution in [0.25, 0.3) is 0 Å². The summed E-state index contributed by atoms with van der Waals surface area (Å²) < 4.78 is 0. The largest absolute Gasteiger partial charge is 0.303 e. The molecule has 0 aliphatic rings. The van der Waals surface area contributed by atoms with Gasteiger partial charge in [0.15, 0.2) is 0 Å². The molecule has 0 aromatic heterocycles. The van der Waals surface area contributed by atoms with Gasteiger partial charge < -0.3 is 4.79 Å². The normalized spacial score (nSPS) is 8.53. The zero-order valence-corrected chi connectivity index (χ0v) is 14.1. The minimum atomic E-state index is 0. The molecule has 17 heavy (non-hydrogen) atoms. The minimum Gasteiger partial charge on any atom is -0.303 e. The Balaban J connectivity index is -0.000000282. The van der Waals surface area contributed by atoms with Crippen LogP contribution in [0.1, 0.15) is 77.6 Å². The molecule has 0 saturated heterocycles. The third-order valence-corrected chi connectivity index (χ3v) is 2.68. The van der Waals surface area contributed by atoms with E-state index in [4.69, 9.17) is 0 Å². The van der Waals surface area contributed by atoms with Crippen molar-refractivity contribution < 1.29 is 56.0 Å². The van der Waals surface area contributed by atoms with E-state index in [-0.39, 0.29) is 51.2 Å². The maximum Gasteiger partial charge on any atom is 0.119 e. The van der Waals surface area contributed by atoms with Gasteiger partial charge in [-0.3, -0.25) is 0 Å². The summed E-state index contributed by atoms with van der Waals surface area (Å²) in [6, 6.07) is 0. The molecule has 0 bridgehead atoms. The summed E-state index contributed by atoms with van der Waals surface area (Å²) in [4.78, 5) is 10.0. The number of unbranched alkanes of at least 4 members (excludes halogenated alkanes) is 10. The number of hydrogen-bond acceptors (Lipinski definition) is 1. The van der Waals surface area contributed by atoms with Crippen molar-refractivity contribution in [1.29, 1.82) is 0 Å². The van der Waals surface area contributed by atoms with Crippen molar-refractivity contribution in [1.82, 2.24) is 0 Å². The third-order valence-electron chi connectivity index (χ3n) is 2.68. The van der Waals surface area contributed by atoms with Gasteiger partial charge in [-0.05, 0) is 6.42 Å². The van der Waals surface area contributed by atoms with E-state index in [9.17, 15) is 4.79 Å². The van der Waals surface area contributed by atoms with Crippen molar-refractivity contribution in [3.63, 3.8) is 0 Å². The van der Waals surface area contributed by atoms with Crippen LogP contribution in [0.4, 0.5) is 0 Å². The summed E-state index contributed by atoms with van der Waals surface area (Å²) in [7, 11) is 0. The van der Waals surface area contributed by atoms with Crippen LogP contribution in [-0.2, 0) is 56.0 Å². The number of hydrogen-bond donors (Lipinski definition) is 0. The molecule has 0 fully saturated rings. The average Bonchev–Trinajstić information content (AvgIpc) is 2.21. The van der Waals surface area contributed by atoms with E-state index >= 15 is 0 Å². The third kappa shape index (κ3) is 26.7. The van der Waals surface area contributed by atoms with Gasteiger partial charge in [0.05, 0.1) is 0 Å². The maximum atomic E-state index is 10.0. The summed E-state index contributed by atoms with van der Waals surface area (Å²) in [5.41, 5.74) is 0. The number of rotatable bonds is 11. The standard InChI is InChI=1S/C13H26O.3Fe/c1-2-3-4-5-6-7-8-9-10-11-12-13-14;;;/h13H,2-12H2,1H3;;;. The molecule has 0 radical (unpaired) electrons. The van der Waals surface area contributed by atoms with Crippen LogP contribution in [-0.4, -0.2) is 6.29 Å². The predicted octanol–water partition coefficient (Wildman–Crippen LogP) is 4.49. The van der Waals surface area contributed by atoms with E-state index in [1.807, 2.05) is 0 Å². The Morgan fingerprint density at radius 1 is 0.647 bits per heavy atom. The second-order valence-corrected chi connectivity index (χ2v) is 4.14. The van der Waals surface area contributed by atoms with Gasteiger partial charge in [-0.25, -0.2) is 0 Å². The van der Waals surface area contributed by atoms with Crippen molar-refractivity contribution in [2.75, 3.05) is 0 Å². The number of carbonyl (C=O) groups is 1. The molecule has 0 aliphatic heterocycles. The van der Waals surface area contributed by atoms with Crippen molar-refractivity contribution >= 4 is 6.29 Å². The van der Waals surface area contributed by atoms with Crippen LogP contribution in [0.3, 0.4) is 0 Å². The zero-order chi connectivity index (χ0) is 10.5. The smallest absolute Gasteiger partial charge is 0.119 e. The fraction of sp³-hybridized carbons (Fsp3) is 0.923. The summed E-state index contributed by atoms with van der Waals surface area (Å²) >= 11 is 0. The van der Waals surface area contributed by atoms with Gasteiger partial charge in [0.25, 0.3) is 0 Å².